The molecule has 2 aromatic heterocycles. The third-order valence-corrected chi connectivity index (χ3v) is 6.53. The van der Waals surface area contributed by atoms with Crippen LogP contribution in [-0.4, -0.2) is 74.9 Å². The summed E-state index contributed by atoms with van der Waals surface area (Å²) in [5, 5.41) is 15.3. The van der Waals surface area contributed by atoms with Crippen molar-refractivity contribution in [1.82, 2.24) is 14.9 Å². The number of ether oxygens (including phenoxy) is 3. The fourth-order valence-corrected chi connectivity index (χ4v) is 4.27. The number of rotatable bonds is 10. The smallest absolute Gasteiger partial charge is 0.328 e. The zero-order chi connectivity index (χ0) is 27.8. The number of carbonyl (C=O) groups is 2. The molecule has 3 amide bonds. The highest BCUT2D eigenvalue weighted by Crippen LogP contribution is 2.35. The predicted molar refractivity (Wildman–Crippen MR) is 142 cm³/mol. The van der Waals surface area contributed by atoms with Gasteiger partial charge >= 0.3 is 6.03 Å². The molecule has 1 aliphatic rings. The summed E-state index contributed by atoms with van der Waals surface area (Å²) in [5.41, 5.74) is 3.07. The molecule has 0 aliphatic carbocycles. The van der Waals surface area contributed by atoms with Gasteiger partial charge in [0.25, 0.3) is 0 Å². The Balaban J connectivity index is 1.95. The van der Waals surface area contributed by atoms with Crippen LogP contribution in [0.15, 0.2) is 18.3 Å². The Morgan fingerprint density at radius 3 is 2.63 bits per heavy atom. The Morgan fingerprint density at radius 2 is 2.00 bits per heavy atom. The summed E-state index contributed by atoms with van der Waals surface area (Å²) in [7, 11) is 6.34. The first kappa shape index (κ1) is 28.8. The molecule has 1 atom stereocenters. The average Bonchev–Trinajstić information content (AvgIpc) is 2.92. The number of carbonyl (C=O) groups excluding carboxylic acids is 2. The van der Waals surface area contributed by atoms with Gasteiger partial charge in [0.2, 0.25) is 12.2 Å². The van der Waals surface area contributed by atoms with Crippen LogP contribution in [0.4, 0.5) is 22.1 Å². The minimum Gasteiger partial charge on any atom is -0.383 e. The molecule has 0 aromatic carbocycles. The van der Waals surface area contributed by atoms with E-state index in [-0.39, 0.29) is 11.9 Å². The molecular formula is C26H35N7O5. The van der Waals surface area contributed by atoms with E-state index in [1.54, 1.807) is 30.0 Å². The first-order valence-corrected chi connectivity index (χ1v) is 12.3. The number of nitrogens with one attached hydrogen (secondary N) is 2. The molecule has 12 nitrogen and oxygen atoms in total. The van der Waals surface area contributed by atoms with Gasteiger partial charge in [0.15, 0.2) is 0 Å². The Bertz CT molecular complexity index is 1200. The standard InChI is InChI=1S/C26H35N7O5/c1-16(32(3)17(2)34)20-12-18-8-7-10-33(24(18)31-23(20)25(37-5)38-6)26(35)30-22-13-21(28-9-11-36-4)19(14-27)15-29-22/h12-13,15-16,25H,7-11H2,1-6H3,(H2,28,29,30,35). The number of nitriles is 1. The lowest BCUT2D eigenvalue weighted by molar-refractivity contribution is -0.129. The molecule has 0 radical (unpaired) electrons. The number of pyridine rings is 2. The zero-order valence-corrected chi connectivity index (χ0v) is 22.7. The molecule has 0 bridgehead atoms. The van der Waals surface area contributed by atoms with Crippen LogP contribution in [0, 0.1) is 11.3 Å². The molecule has 2 N–H and O–H groups in total. The monoisotopic (exact) mass is 525 g/mol. The van der Waals surface area contributed by atoms with Gasteiger partial charge < -0.3 is 24.4 Å². The van der Waals surface area contributed by atoms with Crippen molar-refractivity contribution >= 4 is 29.3 Å². The van der Waals surface area contributed by atoms with E-state index in [4.69, 9.17) is 19.2 Å². The number of aromatic nitrogens is 2. The van der Waals surface area contributed by atoms with Crippen LogP contribution in [0.25, 0.3) is 0 Å². The maximum atomic E-state index is 13.4. The van der Waals surface area contributed by atoms with Crippen LogP contribution in [0.2, 0.25) is 0 Å². The largest absolute Gasteiger partial charge is 0.383 e. The highest BCUT2D eigenvalue weighted by molar-refractivity contribution is 6.01. The van der Waals surface area contributed by atoms with Crippen molar-refractivity contribution in [2.24, 2.45) is 0 Å². The topological polar surface area (TPSA) is 142 Å². The van der Waals surface area contributed by atoms with Crippen LogP contribution >= 0.6 is 0 Å². The highest BCUT2D eigenvalue weighted by atomic mass is 16.7. The highest BCUT2D eigenvalue weighted by Gasteiger charge is 2.31. The van der Waals surface area contributed by atoms with Crippen LogP contribution in [0.5, 0.6) is 0 Å². The molecule has 38 heavy (non-hydrogen) atoms. The molecule has 2 aromatic rings. The molecule has 12 heteroatoms. The summed E-state index contributed by atoms with van der Waals surface area (Å²) >= 11 is 0. The first-order valence-electron chi connectivity index (χ1n) is 12.3. The van der Waals surface area contributed by atoms with Gasteiger partial charge in [-0.15, -0.1) is 0 Å². The number of hydrogen-bond acceptors (Lipinski definition) is 9. The van der Waals surface area contributed by atoms with Gasteiger partial charge in [0, 0.05) is 66.2 Å². The lowest BCUT2D eigenvalue weighted by atomic mass is 9.97. The SMILES string of the molecule is COCCNc1cc(NC(=O)N2CCCc3cc(C(C)N(C)C(C)=O)c(C(OC)OC)nc32)ncc1C#N. The number of fused-ring (bicyclic) bond motifs is 1. The van der Waals surface area contributed by atoms with Crippen molar-refractivity contribution in [3.05, 3.63) is 40.7 Å². The van der Waals surface area contributed by atoms with Crippen molar-refractivity contribution in [2.75, 3.05) is 63.6 Å². The molecule has 1 unspecified atom stereocenters. The van der Waals surface area contributed by atoms with Crippen LogP contribution < -0.4 is 15.5 Å². The average molecular weight is 526 g/mol. The molecule has 0 fully saturated rings. The molecule has 3 heterocycles. The Kier molecular flexibility index (Phi) is 9.95. The molecular weight excluding hydrogens is 490 g/mol. The molecule has 0 spiro atoms. The van der Waals surface area contributed by atoms with Crippen LogP contribution in [0.3, 0.4) is 0 Å². The number of urea groups is 1. The maximum Gasteiger partial charge on any atom is 0.328 e. The third kappa shape index (κ3) is 6.36. The van der Waals surface area contributed by atoms with E-state index in [9.17, 15) is 14.9 Å². The van der Waals surface area contributed by atoms with Crippen molar-refractivity contribution in [1.29, 1.82) is 5.26 Å². The number of methoxy groups -OCH3 is 3. The fraction of sp³-hybridized carbons (Fsp3) is 0.500. The fourth-order valence-electron chi connectivity index (χ4n) is 4.27. The summed E-state index contributed by atoms with van der Waals surface area (Å²) in [6.07, 6.45) is 2.08. The number of hydrogen-bond donors (Lipinski definition) is 2. The normalized spacial score (nSPS) is 13.5. The van der Waals surface area contributed by atoms with Crippen LogP contribution in [0.1, 0.15) is 55.0 Å². The second-order valence-corrected chi connectivity index (χ2v) is 8.89. The summed E-state index contributed by atoms with van der Waals surface area (Å²) in [6.45, 7) is 4.83. The van der Waals surface area contributed by atoms with Crippen molar-refractivity contribution in [3.8, 4) is 6.07 Å². The predicted octanol–water partition coefficient (Wildman–Crippen LogP) is 3.22. The summed E-state index contributed by atoms with van der Waals surface area (Å²) in [5.74, 6) is 0.706. The lowest BCUT2D eigenvalue weighted by Crippen LogP contribution is -2.40. The third-order valence-electron chi connectivity index (χ3n) is 6.53. The summed E-state index contributed by atoms with van der Waals surface area (Å²) in [4.78, 5) is 37.7. The van der Waals surface area contributed by atoms with Gasteiger partial charge in [-0.1, -0.05) is 0 Å². The van der Waals surface area contributed by atoms with Gasteiger partial charge in [0.05, 0.1) is 23.9 Å². The van der Waals surface area contributed by atoms with Gasteiger partial charge in [-0.3, -0.25) is 15.0 Å². The van der Waals surface area contributed by atoms with E-state index < -0.39 is 12.3 Å². The van der Waals surface area contributed by atoms with Gasteiger partial charge in [-0.05, 0) is 31.4 Å². The van der Waals surface area contributed by atoms with E-state index >= 15 is 0 Å². The quantitative estimate of drug-likeness (QED) is 0.353. The maximum absolute atomic E-state index is 13.4. The Morgan fingerprint density at radius 1 is 1.26 bits per heavy atom. The molecule has 3 rings (SSSR count). The molecule has 0 saturated carbocycles. The van der Waals surface area contributed by atoms with Crippen molar-refractivity contribution < 1.29 is 23.8 Å². The van der Waals surface area contributed by atoms with Gasteiger partial charge in [0.1, 0.15) is 23.4 Å². The van der Waals surface area contributed by atoms with E-state index in [1.165, 1.54) is 27.3 Å². The number of amides is 3. The lowest BCUT2D eigenvalue weighted by Gasteiger charge is -2.33. The Labute approximate surface area is 222 Å². The number of nitrogens with zero attached hydrogens (tertiary/aromatic N) is 5. The first-order chi connectivity index (χ1) is 18.2. The zero-order valence-electron chi connectivity index (χ0n) is 22.7. The Hall–Kier alpha value is -3.79. The summed E-state index contributed by atoms with van der Waals surface area (Å²) in [6, 6.07) is 4.99. The minimum absolute atomic E-state index is 0.0837. The van der Waals surface area contributed by atoms with E-state index in [2.05, 4.69) is 21.7 Å². The van der Waals surface area contributed by atoms with Gasteiger partial charge in [-0.25, -0.2) is 14.8 Å². The molecule has 204 valence electrons. The van der Waals surface area contributed by atoms with E-state index in [0.29, 0.717) is 48.3 Å². The molecule has 0 saturated heterocycles. The van der Waals surface area contributed by atoms with Crippen LogP contribution in [-0.2, 0) is 25.4 Å². The molecule has 1 aliphatic heterocycles. The second kappa shape index (κ2) is 13.1. The van der Waals surface area contributed by atoms with Crippen molar-refractivity contribution in [2.45, 2.75) is 39.0 Å². The minimum atomic E-state index is -0.786. The second-order valence-electron chi connectivity index (χ2n) is 8.89. The van der Waals surface area contributed by atoms with Gasteiger partial charge in [-0.2, -0.15) is 5.26 Å². The van der Waals surface area contributed by atoms with E-state index in [1.807, 2.05) is 13.0 Å². The number of aryl methyl sites for hydroxylation is 1. The van der Waals surface area contributed by atoms with E-state index in [0.717, 1.165) is 24.0 Å². The summed E-state index contributed by atoms with van der Waals surface area (Å²) < 4.78 is 16.1. The van der Waals surface area contributed by atoms with Crippen molar-refractivity contribution in [3.63, 3.8) is 0 Å². The number of anilines is 3.